The maximum absolute atomic E-state index is 12.1. The van der Waals surface area contributed by atoms with Crippen molar-refractivity contribution in [3.8, 4) is 11.1 Å². The first-order valence-electron chi connectivity index (χ1n) is 6.91. The molecule has 1 aromatic heterocycles. The molecule has 2 N–H and O–H groups in total. The molecule has 2 aromatic rings. The first kappa shape index (κ1) is 12.9. The molecule has 4 heteroatoms. The number of benzene rings is 1. The Morgan fingerprint density at radius 1 is 1.05 bits per heavy atom. The highest BCUT2D eigenvalue weighted by Gasteiger charge is 2.20. The van der Waals surface area contributed by atoms with Crippen molar-refractivity contribution in [2.24, 2.45) is 0 Å². The zero-order valence-electron chi connectivity index (χ0n) is 11.3. The van der Waals surface area contributed by atoms with E-state index in [1.54, 1.807) is 6.07 Å². The third kappa shape index (κ3) is 2.47. The van der Waals surface area contributed by atoms with Crippen LogP contribution in [0.5, 0.6) is 0 Å². The van der Waals surface area contributed by atoms with E-state index in [0.29, 0.717) is 5.92 Å². The number of rotatable bonds is 2. The summed E-state index contributed by atoms with van der Waals surface area (Å²) in [6, 6.07) is 13.5. The Labute approximate surface area is 117 Å². The van der Waals surface area contributed by atoms with E-state index < -0.39 is 0 Å². The van der Waals surface area contributed by atoms with Crippen LogP contribution in [0.2, 0.25) is 0 Å². The zero-order valence-corrected chi connectivity index (χ0v) is 11.3. The van der Waals surface area contributed by atoms with Crippen molar-refractivity contribution in [3.05, 3.63) is 58.5 Å². The second-order valence-electron chi connectivity index (χ2n) is 5.13. The maximum Gasteiger partial charge on any atom is 0.269 e. The molecule has 1 aliphatic rings. The van der Waals surface area contributed by atoms with Gasteiger partial charge in [-0.05, 0) is 30.0 Å². The first-order chi connectivity index (χ1) is 9.75. The smallest absolute Gasteiger partial charge is 0.269 e. The van der Waals surface area contributed by atoms with Gasteiger partial charge in [-0.2, -0.15) is 0 Å². The lowest BCUT2D eigenvalue weighted by molar-refractivity contribution is 0.0839. The van der Waals surface area contributed by atoms with Crippen molar-refractivity contribution < 1.29 is 4.74 Å². The average molecular weight is 270 g/mol. The number of nitrogen functional groups attached to an aromatic ring is 1. The van der Waals surface area contributed by atoms with Crippen LogP contribution in [0.25, 0.3) is 11.1 Å². The van der Waals surface area contributed by atoms with Crippen molar-refractivity contribution in [2.75, 3.05) is 19.1 Å². The summed E-state index contributed by atoms with van der Waals surface area (Å²) in [5, 5.41) is 0. The summed E-state index contributed by atoms with van der Waals surface area (Å²) in [5.74, 6) is 6.22. The number of nitrogens with zero attached hydrogens (tertiary/aromatic N) is 1. The molecule has 1 saturated heterocycles. The molecule has 0 spiro atoms. The monoisotopic (exact) mass is 270 g/mol. The Morgan fingerprint density at radius 2 is 1.75 bits per heavy atom. The molecule has 1 fully saturated rings. The SMILES string of the molecule is Nn1c(C2CCOCC2)cc(-c2ccccc2)cc1=O. The van der Waals surface area contributed by atoms with Gasteiger partial charge in [0, 0.05) is 30.9 Å². The Kier molecular flexibility index (Phi) is 3.56. The van der Waals surface area contributed by atoms with Crippen LogP contribution < -0.4 is 11.4 Å². The average Bonchev–Trinajstić information content (AvgIpc) is 2.51. The molecule has 104 valence electrons. The Hall–Kier alpha value is -2.07. The van der Waals surface area contributed by atoms with Crippen molar-refractivity contribution in [1.82, 2.24) is 4.68 Å². The van der Waals surface area contributed by atoms with Gasteiger partial charge in [-0.1, -0.05) is 30.3 Å². The van der Waals surface area contributed by atoms with Crippen LogP contribution in [-0.2, 0) is 4.74 Å². The Bertz CT molecular complexity index is 643. The maximum atomic E-state index is 12.1. The Balaban J connectivity index is 2.06. The fourth-order valence-electron chi connectivity index (χ4n) is 2.71. The van der Waals surface area contributed by atoms with Crippen LogP contribution in [0.3, 0.4) is 0 Å². The molecule has 1 aromatic carbocycles. The van der Waals surface area contributed by atoms with E-state index in [0.717, 1.165) is 42.9 Å². The van der Waals surface area contributed by atoms with Crippen molar-refractivity contribution in [2.45, 2.75) is 18.8 Å². The molecule has 20 heavy (non-hydrogen) atoms. The fourth-order valence-corrected chi connectivity index (χ4v) is 2.71. The van der Waals surface area contributed by atoms with Crippen molar-refractivity contribution in [1.29, 1.82) is 0 Å². The van der Waals surface area contributed by atoms with Gasteiger partial charge in [0.1, 0.15) is 0 Å². The minimum absolute atomic E-state index is 0.159. The van der Waals surface area contributed by atoms with Gasteiger partial charge >= 0.3 is 0 Å². The number of ether oxygens (including phenoxy) is 1. The van der Waals surface area contributed by atoms with E-state index >= 15 is 0 Å². The predicted octanol–water partition coefficient (Wildman–Crippen LogP) is 2.12. The van der Waals surface area contributed by atoms with Crippen LogP contribution in [0.4, 0.5) is 0 Å². The second kappa shape index (κ2) is 5.51. The lowest BCUT2D eigenvalue weighted by Gasteiger charge is -2.24. The number of nitrogens with two attached hydrogens (primary N) is 1. The third-order valence-corrected chi connectivity index (χ3v) is 3.84. The molecular weight excluding hydrogens is 252 g/mol. The van der Waals surface area contributed by atoms with Crippen LogP contribution in [0, 0.1) is 0 Å². The molecule has 4 nitrogen and oxygen atoms in total. The first-order valence-corrected chi connectivity index (χ1v) is 6.91. The molecule has 0 saturated carbocycles. The lowest BCUT2D eigenvalue weighted by Crippen LogP contribution is -2.32. The summed E-state index contributed by atoms with van der Waals surface area (Å²) in [7, 11) is 0. The van der Waals surface area contributed by atoms with E-state index in [2.05, 4.69) is 0 Å². The van der Waals surface area contributed by atoms with Gasteiger partial charge in [-0.3, -0.25) is 4.79 Å². The second-order valence-corrected chi connectivity index (χ2v) is 5.13. The third-order valence-electron chi connectivity index (χ3n) is 3.84. The van der Waals surface area contributed by atoms with Crippen LogP contribution >= 0.6 is 0 Å². The molecule has 3 rings (SSSR count). The zero-order chi connectivity index (χ0) is 13.9. The summed E-state index contributed by atoms with van der Waals surface area (Å²) in [4.78, 5) is 12.1. The number of pyridine rings is 1. The summed E-state index contributed by atoms with van der Waals surface area (Å²) in [5.41, 5.74) is 2.71. The summed E-state index contributed by atoms with van der Waals surface area (Å²) < 4.78 is 6.66. The normalized spacial score (nSPS) is 16.2. The fraction of sp³-hybridized carbons (Fsp3) is 0.312. The largest absolute Gasteiger partial charge is 0.381 e. The number of hydrogen-bond donors (Lipinski definition) is 1. The number of hydrogen-bond acceptors (Lipinski definition) is 3. The molecule has 0 radical (unpaired) electrons. The molecule has 0 unspecified atom stereocenters. The van der Waals surface area contributed by atoms with E-state index in [1.165, 1.54) is 4.68 Å². The van der Waals surface area contributed by atoms with Gasteiger partial charge in [0.25, 0.3) is 5.56 Å². The van der Waals surface area contributed by atoms with E-state index in [4.69, 9.17) is 10.6 Å². The van der Waals surface area contributed by atoms with Gasteiger partial charge < -0.3 is 10.6 Å². The highest BCUT2D eigenvalue weighted by molar-refractivity contribution is 5.63. The lowest BCUT2D eigenvalue weighted by atomic mass is 9.93. The molecular formula is C16H18N2O2. The summed E-state index contributed by atoms with van der Waals surface area (Å²) in [6.45, 7) is 1.46. The van der Waals surface area contributed by atoms with Gasteiger partial charge in [-0.15, -0.1) is 0 Å². The molecule has 0 atom stereocenters. The topological polar surface area (TPSA) is 57.2 Å². The molecule has 0 aliphatic carbocycles. The minimum atomic E-state index is -0.159. The van der Waals surface area contributed by atoms with Gasteiger partial charge in [-0.25, -0.2) is 4.68 Å². The van der Waals surface area contributed by atoms with E-state index in [9.17, 15) is 4.79 Å². The standard InChI is InChI=1S/C16H18N2O2/c17-18-15(13-6-8-20-9-7-13)10-14(11-16(18)19)12-4-2-1-3-5-12/h1-5,10-11,13H,6-9,17H2. The quantitative estimate of drug-likeness (QED) is 0.850. The summed E-state index contributed by atoms with van der Waals surface area (Å²) >= 11 is 0. The number of aromatic nitrogens is 1. The molecule has 1 aliphatic heterocycles. The van der Waals surface area contributed by atoms with Gasteiger partial charge in [0.05, 0.1) is 0 Å². The predicted molar refractivity (Wildman–Crippen MR) is 79.1 cm³/mol. The van der Waals surface area contributed by atoms with Gasteiger partial charge in [0.2, 0.25) is 0 Å². The molecule has 0 bridgehead atoms. The van der Waals surface area contributed by atoms with Crippen molar-refractivity contribution in [3.63, 3.8) is 0 Å². The van der Waals surface area contributed by atoms with Crippen LogP contribution in [0.15, 0.2) is 47.3 Å². The molecule has 2 heterocycles. The van der Waals surface area contributed by atoms with E-state index in [-0.39, 0.29) is 5.56 Å². The Morgan fingerprint density at radius 3 is 2.45 bits per heavy atom. The van der Waals surface area contributed by atoms with Gasteiger partial charge in [0.15, 0.2) is 0 Å². The van der Waals surface area contributed by atoms with Crippen molar-refractivity contribution >= 4 is 0 Å². The van der Waals surface area contributed by atoms with E-state index in [1.807, 2.05) is 36.4 Å². The highest BCUT2D eigenvalue weighted by atomic mass is 16.5. The van der Waals surface area contributed by atoms with Crippen LogP contribution in [0.1, 0.15) is 24.5 Å². The summed E-state index contributed by atoms with van der Waals surface area (Å²) in [6.07, 6.45) is 1.82. The highest BCUT2D eigenvalue weighted by Crippen LogP contribution is 2.28. The molecule has 0 amide bonds. The minimum Gasteiger partial charge on any atom is -0.381 e. The van der Waals surface area contributed by atoms with Crippen LogP contribution in [-0.4, -0.2) is 17.9 Å².